The Balaban J connectivity index is 1.62. The second-order valence-corrected chi connectivity index (χ2v) is 5.57. The fourth-order valence-electron chi connectivity index (χ4n) is 2.58. The van der Waals surface area contributed by atoms with Crippen molar-refractivity contribution < 1.29 is 14.6 Å². The van der Waals surface area contributed by atoms with Crippen molar-refractivity contribution in [2.75, 3.05) is 0 Å². The third-order valence-corrected chi connectivity index (χ3v) is 3.79. The average molecular weight is 309 g/mol. The molecule has 0 saturated carbocycles. The van der Waals surface area contributed by atoms with Crippen LogP contribution in [-0.4, -0.2) is 17.1 Å². The summed E-state index contributed by atoms with van der Waals surface area (Å²) >= 11 is 0. The second-order valence-electron chi connectivity index (χ2n) is 5.57. The van der Waals surface area contributed by atoms with Gasteiger partial charge in [-0.2, -0.15) is 0 Å². The molecule has 118 valence electrons. The van der Waals surface area contributed by atoms with Crippen LogP contribution in [-0.2, 0) is 16.1 Å². The predicted octanol–water partition coefficient (Wildman–Crippen LogP) is 3.12. The summed E-state index contributed by atoms with van der Waals surface area (Å²) in [4.78, 5) is 11.7. The fraction of sp³-hybridized carbons (Fsp3) is 0.211. The number of nitrogens with one attached hydrogen (secondary N) is 1. The Morgan fingerprint density at radius 3 is 2.87 bits per heavy atom. The minimum Gasteiger partial charge on any atom is -0.508 e. The summed E-state index contributed by atoms with van der Waals surface area (Å²) in [7, 11) is 0. The number of benzene rings is 1. The zero-order chi connectivity index (χ0) is 16.1. The van der Waals surface area contributed by atoms with Crippen LogP contribution in [0.1, 0.15) is 18.4 Å². The largest absolute Gasteiger partial charge is 0.508 e. The molecule has 1 atom stereocenters. The Hall–Kier alpha value is -2.75. The summed E-state index contributed by atoms with van der Waals surface area (Å²) in [5, 5.41) is 12.2. The molecule has 1 aromatic rings. The zero-order valence-electron chi connectivity index (χ0n) is 12.7. The Kier molecular flexibility index (Phi) is 4.62. The molecule has 0 bridgehead atoms. The quantitative estimate of drug-likeness (QED) is 0.878. The van der Waals surface area contributed by atoms with E-state index in [0.717, 1.165) is 12.0 Å². The number of phenolic OH excluding ortho intramolecular Hbond substituents is 1. The molecule has 1 aromatic carbocycles. The van der Waals surface area contributed by atoms with Crippen LogP contribution in [0.25, 0.3) is 0 Å². The number of carbonyl (C=O) groups excluding carboxylic acids is 1. The highest BCUT2D eigenvalue weighted by atomic mass is 16.5. The maximum absolute atomic E-state index is 11.7. The molecule has 23 heavy (non-hydrogen) atoms. The van der Waals surface area contributed by atoms with Crippen molar-refractivity contribution >= 4 is 5.91 Å². The number of hydrogen-bond donors (Lipinski definition) is 2. The van der Waals surface area contributed by atoms with Crippen molar-refractivity contribution in [1.82, 2.24) is 5.32 Å². The van der Waals surface area contributed by atoms with Crippen LogP contribution in [0.15, 0.2) is 72.1 Å². The molecular formula is C19H19NO3. The minimum atomic E-state index is -0.131. The first-order valence-corrected chi connectivity index (χ1v) is 7.66. The standard InChI is InChI=1S/C19H19NO3/c21-16-9-7-15(8-10-16)13-23-18-12-19(22)20-17(18)11-14-5-3-1-2-4-6-14/h1-3,5-10,12,17,21H,4,11,13H2,(H,20,22)/t17-/m0/s1. The van der Waals surface area contributed by atoms with E-state index in [0.29, 0.717) is 18.8 Å². The van der Waals surface area contributed by atoms with Gasteiger partial charge in [-0.1, -0.05) is 42.5 Å². The first-order chi connectivity index (χ1) is 11.2. The molecule has 0 aromatic heterocycles. The van der Waals surface area contributed by atoms with Gasteiger partial charge in [-0.25, -0.2) is 0 Å². The second kappa shape index (κ2) is 7.01. The van der Waals surface area contributed by atoms with Gasteiger partial charge in [0, 0.05) is 6.08 Å². The third kappa shape index (κ3) is 4.13. The highest BCUT2D eigenvalue weighted by Crippen LogP contribution is 2.22. The van der Waals surface area contributed by atoms with E-state index < -0.39 is 0 Å². The lowest BCUT2D eigenvalue weighted by atomic mass is 10.0. The first kappa shape index (κ1) is 15.2. The molecule has 2 N–H and O–H groups in total. The maximum atomic E-state index is 11.7. The number of allylic oxidation sites excluding steroid dienone is 5. The van der Waals surface area contributed by atoms with Gasteiger partial charge >= 0.3 is 0 Å². The molecule has 1 amide bonds. The topological polar surface area (TPSA) is 58.6 Å². The van der Waals surface area contributed by atoms with Gasteiger partial charge in [0.25, 0.3) is 0 Å². The highest BCUT2D eigenvalue weighted by Gasteiger charge is 2.25. The van der Waals surface area contributed by atoms with E-state index in [-0.39, 0.29) is 17.7 Å². The van der Waals surface area contributed by atoms with Crippen LogP contribution in [0.3, 0.4) is 0 Å². The number of carbonyl (C=O) groups is 1. The maximum Gasteiger partial charge on any atom is 0.248 e. The van der Waals surface area contributed by atoms with Crippen LogP contribution < -0.4 is 5.32 Å². The Labute approximate surface area is 135 Å². The van der Waals surface area contributed by atoms with Crippen molar-refractivity contribution in [3.63, 3.8) is 0 Å². The summed E-state index contributed by atoms with van der Waals surface area (Å²) in [5.74, 6) is 0.769. The summed E-state index contributed by atoms with van der Waals surface area (Å²) in [6, 6.07) is 6.72. The molecular weight excluding hydrogens is 290 g/mol. The van der Waals surface area contributed by atoms with Gasteiger partial charge in [-0.05, 0) is 36.1 Å². The lowest BCUT2D eigenvalue weighted by molar-refractivity contribution is -0.116. The van der Waals surface area contributed by atoms with Gasteiger partial charge < -0.3 is 15.2 Å². The summed E-state index contributed by atoms with van der Waals surface area (Å²) in [6.07, 6.45) is 13.5. The molecule has 0 fully saturated rings. The van der Waals surface area contributed by atoms with Gasteiger partial charge in [0.2, 0.25) is 5.91 Å². The van der Waals surface area contributed by atoms with Crippen LogP contribution in [0.5, 0.6) is 5.75 Å². The minimum absolute atomic E-state index is 0.118. The van der Waals surface area contributed by atoms with Gasteiger partial charge in [-0.3, -0.25) is 4.79 Å². The molecule has 0 radical (unpaired) electrons. The van der Waals surface area contributed by atoms with Crippen LogP contribution in [0, 0.1) is 0 Å². The van der Waals surface area contributed by atoms with Crippen LogP contribution in [0.4, 0.5) is 0 Å². The molecule has 0 unspecified atom stereocenters. The predicted molar refractivity (Wildman–Crippen MR) is 88.5 cm³/mol. The number of hydrogen-bond acceptors (Lipinski definition) is 3. The normalized spacial score (nSPS) is 19.8. The third-order valence-electron chi connectivity index (χ3n) is 3.79. The van der Waals surface area contributed by atoms with Gasteiger partial charge in [0.1, 0.15) is 18.1 Å². The van der Waals surface area contributed by atoms with Crippen molar-refractivity contribution in [2.45, 2.75) is 25.5 Å². The Bertz CT molecular complexity index is 696. The molecule has 0 saturated heterocycles. The van der Waals surface area contributed by atoms with Crippen molar-refractivity contribution in [1.29, 1.82) is 0 Å². The highest BCUT2D eigenvalue weighted by molar-refractivity contribution is 5.91. The number of aromatic hydroxyl groups is 1. The molecule has 1 aliphatic heterocycles. The number of ether oxygens (including phenoxy) is 1. The first-order valence-electron chi connectivity index (χ1n) is 7.66. The smallest absolute Gasteiger partial charge is 0.248 e. The summed E-state index contributed by atoms with van der Waals surface area (Å²) in [5.41, 5.74) is 2.13. The molecule has 0 spiro atoms. The number of amides is 1. The van der Waals surface area contributed by atoms with E-state index >= 15 is 0 Å². The van der Waals surface area contributed by atoms with E-state index in [1.807, 2.05) is 12.2 Å². The molecule has 2 aliphatic rings. The SMILES string of the molecule is O=C1C=C(OCc2ccc(O)cc2)[C@H](CC2=CCC=CC=C2)N1. The van der Waals surface area contributed by atoms with Gasteiger partial charge in [0.15, 0.2) is 0 Å². The molecule has 4 nitrogen and oxygen atoms in total. The van der Waals surface area contributed by atoms with Crippen molar-refractivity contribution in [3.05, 3.63) is 77.6 Å². The van der Waals surface area contributed by atoms with E-state index in [2.05, 4.69) is 23.5 Å². The van der Waals surface area contributed by atoms with Gasteiger partial charge in [0.05, 0.1) is 6.04 Å². The van der Waals surface area contributed by atoms with Crippen molar-refractivity contribution in [3.8, 4) is 5.75 Å². The number of rotatable bonds is 5. The van der Waals surface area contributed by atoms with E-state index in [1.54, 1.807) is 24.3 Å². The van der Waals surface area contributed by atoms with E-state index in [4.69, 9.17) is 4.74 Å². The van der Waals surface area contributed by atoms with Crippen molar-refractivity contribution in [2.24, 2.45) is 0 Å². The molecule has 3 rings (SSSR count). The Morgan fingerprint density at radius 2 is 2.04 bits per heavy atom. The zero-order valence-corrected chi connectivity index (χ0v) is 12.7. The van der Waals surface area contributed by atoms with Crippen LogP contribution >= 0.6 is 0 Å². The van der Waals surface area contributed by atoms with Gasteiger partial charge in [-0.15, -0.1) is 0 Å². The van der Waals surface area contributed by atoms with E-state index in [9.17, 15) is 9.90 Å². The lowest BCUT2D eigenvalue weighted by Gasteiger charge is -2.17. The molecule has 1 heterocycles. The molecule has 1 aliphatic carbocycles. The summed E-state index contributed by atoms with van der Waals surface area (Å²) in [6.45, 7) is 0.369. The average Bonchev–Trinajstić information content (AvgIpc) is 2.74. The number of phenols is 1. The molecule has 4 heteroatoms. The fourth-order valence-corrected chi connectivity index (χ4v) is 2.58. The van der Waals surface area contributed by atoms with E-state index in [1.165, 1.54) is 11.6 Å². The lowest BCUT2D eigenvalue weighted by Crippen LogP contribution is -2.29. The Morgan fingerprint density at radius 1 is 1.22 bits per heavy atom. The van der Waals surface area contributed by atoms with Crippen LogP contribution in [0.2, 0.25) is 0 Å². The summed E-state index contributed by atoms with van der Waals surface area (Å²) < 4.78 is 5.81. The monoisotopic (exact) mass is 309 g/mol.